The summed E-state index contributed by atoms with van der Waals surface area (Å²) in [5.74, 6) is -2.71. The quantitative estimate of drug-likeness (QED) is 0.122. The molecule has 4 aromatic carbocycles. The number of benzene rings is 4. The topological polar surface area (TPSA) is 135 Å². The van der Waals surface area contributed by atoms with E-state index in [1.54, 1.807) is 0 Å². The average molecular weight is 655 g/mol. The van der Waals surface area contributed by atoms with Gasteiger partial charge in [-0.1, -0.05) is 47.6 Å². The summed E-state index contributed by atoms with van der Waals surface area (Å²) in [6.07, 6.45) is 3.38. The molecular weight excluding hydrogens is 625 g/mol. The molecule has 0 unspecified atom stereocenters. The van der Waals surface area contributed by atoms with Crippen molar-refractivity contribution in [1.29, 1.82) is 0 Å². The molecule has 5 aromatic rings. The Hall–Kier alpha value is -4.28. The van der Waals surface area contributed by atoms with E-state index in [0.29, 0.717) is 0 Å². The van der Waals surface area contributed by atoms with Crippen molar-refractivity contribution in [3.8, 4) is 40.1 Å². The molecule has 1 aromatic heterocycles. The van der Waals surface area contributed by atoms with Gasteiger partial charge in [-0.3, -0.25) is 4.79 Å². The van der Waals surface area contributed by atoms with Gasteiger partial charge in [-0.15, -0.1) is 12.4 Å². The van der Waals surface area contributed by atoms with Gasteiger partial charge in [0.2, 0.25) is 11.2 Å². The van der Waals surface area contributed by atoms with E-state index in [0.717, 1.165) is 42.3 Å². The summed E-state index contributed by atoms with van der Waals surface area (Å²) in [6.45, 7) is 1.05. The van der Waals surface area contributed by atoms with Crippen LogP contribution >= 0.6 is 35.8 Å². The first-order valence-corrected chi connectivity index (χ1v) is 14.4. The highest BCUT2D eigenvalue weighted by Crippen LogP contribution is 2.46. The second-order valence-electron chi connectivity index (χ2n) is 10.1. The van der Waals surface area contributed by atoms with Crippen molar-refractivity contribution in [2.45, 2.75) is 16.2 Å². The van der Waals surface area contributed by atoms with Gasteiger partial charge < -0.3 is 34.8 Å². The molecule has 8 nitrogen and oxygen atoms in total. The fourth-order valence-corrected chi connectivity index (χ4v) is 5.92. The number of phenols is 4. The number of nitrogens with zero attached hydrogens (tertiary/aromatic N) is 1. The van der Waals surface area contributed by atoms with Crippen LogP contribution in [-0.4, -0.2) is 51.1 Å². The van der Waals surface area contributed by atoms with Crippen LogP contribution in [0.15, 0.2) is 97.9 Å². The number of aromatic hydroxyl groups is 5. The van der Waals surface area contributed by atoms with E-state index >= 15 is 0 Å². The summed E-state index contributed by atoms with van der Waals surface area (Å²) in [5.41, 5.74) is 2.99. The Morgan fingerprint density at radius 1 is 0.841 bits per heavy atom. The Morgan fingerprint density at radius 3 is 2.30 bits per heavy atom. The van der Waals surface area contributed by atoms with E-state index in [4.69, 9.17) is 16.0 Å². The Balaban J connectivity index is 0.000000197. The maximum Gasteiger partial charge on any atom is 0.238 e. The second-order valence-corrected chi connectivity index (χ2v) is 11.6. The van der Waals surface area contributed by atoms with E-state index in [2.05, 4.69) is 61.5 Å². The third kappa shape index (κ3) is 6.76. The standard InChI is InChI=1S/C18H18ClNS.C15H10O7.ClH/c1-20(2)11-5-7-14-15-6-3-4-8-17(15)21-18-10-9-13(19)12-16(14)18;16-7-4-10(19)12-11(5-7)22-15(14(21)13(12)20)6-1-2-8(17)9(18)3-6;/h3-4,6-10,12H,5,11H2,1-2H3;1-5,16-19,21H;1H. The lowest BCUT2D eigenvalue weighted by Crippen LogP contribution is -2.12. The zero-order chi connectivity index (χ0) is 30.8. The molecule has 5 N–H and O–H groups in total. The summed E-state index contributed by atoms with van der Waals surface area (Å²) in [4.78, 5) is 17.0. The molecule has 0 aliphatic carbocycles. The van der Waals surface area contributed by atoms with Gasteiger partial charge >= 0.3 is 0 Å². The third-order valence-corrected chi connectivity index (χ3v) is 8.11. The molecule has 0 bridgehead atoms. The first kappa shape index (κ1) is 32.6. The fourth-order valence-electron chi connectivity index (χ4n) is 4.67. The minimum atomic E-state index is -0.888. The highest BCUT2D eigenvalue weighted by molar-refractivity contribution is 7.99. The van der Waals surface area contributed by atoms with E-state index in [1.807, 2.05) is 17.8 Å². The zero-order valence-corrected chi connectivity index (χ0v) is 26.0. The first-order valence-electron chi connectivity index (χ1n) is 13.2. The predicted octanol–water partition coefficient (Wildman–Crippen LogP) is 7.60. The molecule has 1 aliphatic heterocycles. The number of hydrogen-bond acceptors (Lipinski definition) is 9. The van der Waals surface area contributed by atoms with Crippen LogP contribution in [0.1, 0.15) is 17.5 Å². The average Bonchev–Trinajstić information content (AvgIpc) is 2.96. The SMILES string of the molecule is CN(C)CCC=C1c2ccccc2Sc2ccc(Cl)cc21.Cl.O=c1c(O)c(-c2ccc(O)c(O)c2)oc2cc(O)cc(O)c12. The summed E-state index contributed by atoms with van der Waals surface area (Å²) in [5, 5.41) is 48.4. The summed E-state index contributed by atoms with van der Waals surface area (Å²) < 4.78 is 5.35. The largest absolute Gasteiger partial charge is 0.508 e. The maximum atomic E-state index is 12.1. The normalized spacial score (nSPS) is 12.7. The molecule has 228 valence electrons. The highest BCUT2D eigenvalue weighted by atomic mass is 35.5. The lowest BCUT2D eigenvalue weighted by molar-refractivity contribution is 0.403. The molecule has 0 atom stereocenters. The van der Waals surface area contributed by atoms with Gasteiger partial charge in [0.05, 0.1) is 0 Å². The smallest absolute Gasteiger partial charge is 0.238 e. The van der Waals surface area contributed by atoms with E-state index in [-0.39, 0.29) is 46.2 Å². The van der Waals surface area contributed by atoms with E-state index in [1.165, 1.54) is 32.6 Å². The van der Waals surface area contributed by atoms with Crippen LogP contribution in [0.4, 0.5) is 0 Å². The lowest BCUT2D eigenvalue weighted by atomic mass is 9.96. The molecule has 6 rings (SSSR count). The zero-order valence-electron chi connectivity index (χ0n) is 23.6. The van der Waals surface area contributed by atoms with Crippen molar-refractivity contribution in [2.24, 2.45) is 0 Å². The van der Waals surface area contributed by atoms with Gasteiger partial charge in [0.25, 0.3) is 0 Å². The number of fused-ring (bicyclic) bond motifs is 3. The van der Waals surface area contributed by atoms with Crippen LogP contribution < -0.4 is 5.43 Å². The molecule has 0 amide bonds. The molecule has 0 saturated heterocycles. The van der Waals surface area contributed by atoms with E-state index < -0.39 is 22.7 Å². The Kier molecular flexibility index (Phi) is 10.1. The fraction of sp³-hybridized carbons (Fsp3) is 0.121. The lowest BCUT2D eigenvalue weighted by Gasteiger charge is -2.22. The molecule has 1 aliphatic rings. The third-order valence-electron chi connectivity index (χ3n) is 6.73. The van der Waals surface area contributed by atoms with Crippen molar-refractivity contribution in [1.82, 2.24) is 4.90 Å². The molecule has 0 fully saturated rings. The van der Waals surface area contributed by atoms with Gasteiger partial charge in [0, 0.05) is 39.1 Å². The van der Waals surface area contributed by atoms with Gasteiger partial charge in [0.1, 0.15) is 22.5 Å². The molecule has 11 heteroatoms. The number of rotatable bonds is 4. The van der Waals surface area contributed by atoms with Crippen molar-refractivity contribution in [3.05, 3.63) is 105 Å². The van der Waals surface area contributed by atoms with Gasteiger partial charge in [-0.2, -0.15) is 0 Å². The maximum absolute atomic E-state index is 12.1. The van der Waals surface area contributed by atoms with Crippen LogP contribution in [0.5, 0.6) is 28.7 Å². The van der Waals surface area contributed by atoms with Gasteiger partial charge in [-0.25, -0.2) is 0 Å². The minimum Gasteiger partial charge on any atom is -0.508 e. The Bertz CT molecular complexity index is 1940. The van der Waals surface area contributed by atoms with Crippen LogP contribution in [0.25, 0.3) is 27.9 Å². The Labute approximate surface area is 268 Å². The number of phenolic OH excluding ortho intramolecular Hbond substituents is 4. The van der Waals surface area contributed by atoms with Crippen molar-refractivity contribution in [2.75, 3.05) is 20.6 Å². The predicted molar refractivity (Wildman–Crippen MR) is 176 cm³/mol. The highest BCUT2D eigenvalue weighted by Gasteiger charge is 2.21. The summed E-state index contributed by atoms with van der Waals surface area (Å²) in [6, 6.07) is 20.4. The van der Waals surface area contributed by atoms with Gasteiger partial charge in [0.15, 0.2) is 17.3 Å². The molecular formula is C33H29Cl2NO7S. The summed E-state index contributed by atoms with van der Waals surface area (Å²) in [7, 11) is 4.21. The molecule has 0 spiro atoms. The molecule has 44 heavy (non-hydrogen) atoms. The van der Waals surface area contributed by atoms with Crippen LogP contribution in [0, 0.1) is 0 Å². The summed E-state index contributed by atoms with van der Waals surface area (Å²) >= 11 is 8.03. The van der Waals surface area contributed by atoms with Gasteiger partial charge in [-0.05, 0) is 79.7 Å². The van der Waals surface area contributed by atoms with Crippen molar-refractivity contribution >= 4 is 52.3 Å². The number of hydrogen-bond donors (Lipinski definition) is 5. The van der Waals surface area contributed by atoms with E-state index in [9.17, 15) is 30.3 Å². The van der Waals surface area contributed by atoms with Crippen LogP contribution in [0.2, 0.25) is 5.02 Å². The molecule has 0 saturated carbocycles. The van der Waals surface area contributed by atoms with Crippen LogP contribution in [0.3, 0.4) is 0 Å². The van der Waals surface area contributed by atoms with Crippen LogP contribution in [-0.2, 0) is 0 Å². The molecule has 2 heterocycles. The van der Waals surface area contributed by atoms with Crippen molar-refractivity contribution < 1.29 is 29.9 Å². The molecule has 0 radical (unpaired) electrons. The second kappa shape index (κ2) is 13.6. The monoisotopic (exact) mass is 653 g/mol. The Morgan fingerprint density at radius 2 is 1.57 bits per heavy atom. The van der Waals surface area contributed by atoms with Crippen molar-refractivity contribution in [3.63, 3.8) is 0 Å². The first-order chi connectivity index (χ1) is 20.5. The minimum absolute atomic E-state index is 0. The number of halogens is 2.